The van der Waals surface area contributed by atoms with Crippen molar-refractivity contribution < 1.29 is 28.6 Å². The molecule has 6 nitrogen and oxygen atoms in total. The van der Waals surface area contributed by atoms with Gasteiger partial charge in [0.25, 0.3) is 0 Å². The van der Waals surface area contributed by atoms with Gasteiger partial charge in [0.2, 0.25) is 0 Å². The molecule has 6 heteroatoms. The summed E-state index contributed by atoms with van der Waals surface area (Å²) in [5.41, 5.74) is 0. The number of carbonyl (C=O) groups is 3. The quantitative estimate of drug-likeness (QED) is 0.0262. The number of ether oxygens (including phenoxy) is 3. The fourth-order valence-electron chi connectivity index (χ4n) is 7.22. The number of allylic oxidation sites excluding steroid dienone is 14. The maximum Gasteiger partial charge on any atom is 0.306 e. The third kappa shape index (κ3) is 51.4. The highest BCUT2D eigenvalue weighted by molar-refractivity contribution is 5.71. The van der Waals surface area contributed by atoms with Gasteiger partial charge in [0.05, 0.1) is 0 Å². The van der Waals surface area contributed by atoms with Gasteiger partial charge in [-0.3, -0.25) is 14.4 Å². The average Bonchev–Trinajstić information content (AvgIpc) is 3.30. The highest BCUT2D eigenvalue weighted by atomic mass is 16.6. The molecule has 0 amide bonds. The largest absolute Gasteiger partial charge is 0.462 e. The van der Waals surface area contributed by atoms with E-state index in [-0.39, 0.29) is 37.5 Å². The van der Waals surface area contributed by atoms with Crippen molar-refractivity contribution in [1.82, 2.24) is 0 Å². The third-order valence-electron chi connectivity index (χ3n) is 11.3. The van der Waals surface area contributed by atoms with Crippen LogP contribution in [0.5, 0.6) is 0 Å². The summed E-state index contributed by atoms with van der Waals surface area (Å²) in [7, 11) is 0. The van der Waals surface area contributed by atoms with Gasteiger partial charge in [-0.25, -0.2) is 0 Å². The maximum absolute atomic E-state index is 12.8. The minimum absolute atomic E-state index is 0.101. The monoisotopic (exact) mass is 905 g/mol. The molecule has 0 aromatic heterocycles. The van der Waals surface area contributed by atoms with Crippen LogP contribution in [0.1, 0.15) is 252 Å². The average molecular weight is 905 g/mol. The number of unbranched alkanes of at least 4 members (excludes halogenated alkanes) is 23. The predicted molar refractivity (Wildman–Crippen MR) is 279 cm³/mol. The molecule has 0 saturated heterocycles. The highest BCUT2D eigenvalue weighted by Gasteiger charge is 2.19. The number of rotatable bonds is 48. The zero-order chi connectivity index (χ0) is 47.2. The number of hydrogen-bond donors (Lipinski definition) is 0. The standard InChI is InChI=1S/C59H100O6/c1-4-7-10-13-16-19-22-25-27-29-31-34-37-40-43-46-49-52-58(61)64-55-56(54-63-57(60)51-48-45-42-39-36-33-24-21-18-15-12-9-6-3)65-59(62)53-50-47-44-41-38-35-32-30-28-26-23-20-17-14-11-8-5-2/h16-17,19-21,24-28,31,34,40,43,56H,4-15,18,22-23,29-30,32-33,35-39,41-42,44-55H2,1-3H3/b19-16+,20-17+,24-21+,27-25+,28-26+,34-31+,43-40+/t56-/m1/s1. The van der Waals surface area contributed by atoms with Crippen molar-refractivity contribution >= 4 is 17.9 Å². The molecule has 0 aliphatic heterocycles. The van der Waals surface area contributed by atoms with Crippen LogP contribution in [0, 0.1) is 0 Å². The Morgan fingerprint density at radius 3 is 0.969 bits per heavy atom. The Labute approximate surface area is 401 Å². The van der Waals surface area contributed by atoms with Gasteiger partial charge in [0, 0.05) is 19.3 Å². The molecule has 0 unspecified atom stereocenters. The Morgan fingerprint density at radius 1 is 0.308 bits per heavy atom. The van der Waals surface area contributed by atoms with E-state index < -0.39 is 6.10 Å². The Morgan fingerprint density at radius 2 is 0.569 bits per heavy atom. The summed E-state index contributed by atoms with van der Waals surface area (Å²) in [6.07, 6.45) is 68.5. The first-order chi connectivity index (χ1) is 32.0. The van der Waals surface area contributed by atoms with E-state index in [0.29, 0.717) is 19.3 Å². The molecule has 0 spiro atoms. The molecule has 0 heterocycles. The van der Waals surface area contributed by atoms with Crippen molar-refractivity contribution in [2.24, 2.45) is 0 Å². The van der Waals surface area contributed by atoms with Crippen LogP contribution < -0.4 is 0 Å². The summed E-state index contributed by atoms with van der Waals surface area (Å²) in [5, 5.41) is 0. The van der Waals surface area contributed by atoms with Crippen LogP contribution in [0.15, 0.2) is 85.1 Å². The van der Waals surface area contributed by atoms with E-state index in [1.165, 1.54) is 116 Å². The van der Waals surface area contributed by atoms with Crippen molar-refractivity contribution in [2.45, 2.75) is 258 Å². The van der Waals surface area contributed by atoms with Crippen molar-refractivity contribution in [3.05, 3.63) is 85.1 Å². The van der Waals surface area contributed by atoms with Gasteiger partial charge in [0.1, 0.15) is 13.2 Å². The van der Waals surface area contributed by atoms with Gasteiger partial charge in [-0.2, -0.15) is 0 Å². The van der Waals surface area contributed by atoms with Crippen molar-refractivity contribution in [3.63, 3.8) is 0 Å². The lowest BCUT2D eigenvalue weighted by molar-refractivity contribution is -0.167. The second-order valence-corrected chi connectivity index (χ2v) is 17.8. The molecule has 0 N–H and O–H groups in total. The van der Waals surface area contributed by atoms with E-state index in [0.717, 1.165) is 89.9 Å². The summed E-state index contributed by atoms with van der Waals surface area (Å²) in [6.45, 7) is 6.51. The SMILES string of the molecule is CCCCC/C=C/C/C=C/C/C=C/C/C=C/CCCC(=O)OC[C@@H](COC(=O)CCCCCCC/C=C/CCCCCC)OC(=O)CCCCCCCCC/C=C/C/C=C/CCCCC. The van der Waals surface area contributed by atoms with E-state index in [1.807, 2.05) is 0 Å². The van der Waals surface area contributed by atoms with Crippen molar-refractivity contribution in [2.75, 3.05) is 13.2 Å². The topological polar surface area (TPSA) is 78.9 Å². The smallest absolute Gasteiger partial charge is 0.306 e. The normalized spacial score (nSPS) is 12.7. The summed E-state index contributed by atoms with van der Waals surface area (Å²) in [5.74, 6) is -0.975. The van der Waals surface area contributed by atoms with Crippen LogP contribution in [0.3, 0.4) is 0 Å². The van der Waals surface area contributed by atoms with Crippen LogP contribution in [0.25, 0.3) is 0 Å². The summed E-state index contributed by atoms with van der Waals surface area (Å²) in [4.78, 5) is 38.0. The Hall–Kier alpha value is -3.41. The van der Waals surface area contributed by atoms with Gasteiger partial charge in [-0.05, 0) is 116 Å². The number of carbonyl (C=O) groups excluding carboxylic acids is 3. The Balaban J connectivity index is 4.49. The second-order valence-electron chi connectivity index (χ2n) is 17.8. The molecule has 0 aromatic carbocycles. The van der Waals surface area contributed by atoms with Crippen LogP contribution in [0.2, 0.25) is 0 Å². The lowest BCUT2D eigenvalue weighted by Gasteiger charge is -2.18. The fourth-order valence-corrected chi connectivity index (χ4v) is 7.22. The molecule has 0 rings (SSSR count). The molecular weight excluding hydrogens is 805 g/mol. The molecule has 0 radical (unpaired) electrons. The molecule has 65 heavy (non-hydrogen) atoms. The zero-order valence-electron chi connectivity index (χ0n) is 42.5. The summed E-state index contributed by atoms with van der Waals surface area (Å²) < 4.78 is 16.8. The zero-order valence-corrected chi connectivity index (χ0v) is 42.5. The van der Waals surface area contributed by atoms with Gasteiger partial charge in [-0.1, -0.05) is 202 Å². The third-order valence-corrected chi connectivity index (χ3v) is 11.3. The maximum atomic E-state index is 12.8. The number of esters is 3. The van der Waals surface area contributed by atoms with Gasteiger partial charge in [-0.15, -0.1) is 0 Å². The van der Waals surface area contributed by atoms with E-state index in [2.05, 4.69) is 106 Å². The highest BCUT2D eigenvalue weighted by Crippen LogP contribution is 2.13. The summed E-state index contributed by atoms with van der Waals surface area (Å²) >= 11 is 0. The molecule has 0 aliphatic carbocycles. The van der Waals surface area contributed by atoms with Crippen molar-refractivity contribution in [3.8, 4) is 0 Å². The van der Waals surface area contributed by atoms with Crippen LogP contribution in [0.4, 0.5) is 0 Å². The fraction of sp³-hybridized carbons (Fsp3) is 0.712. The van der Waals surface area contributed by atoms with Crippen LogP contribution in [-0.4, -0.2) is 37.2 Å². The lowest BCUT2D eigenvalue weighted by atomic mass is 10.1. The molecular formula is C59H100O6. The first-order valence-electron chi connectivity index (χ1n) is 27.1. The molecule has 372 valence electrons. The number of hydrogen-bond acceptors (Lipinski definition) is 6. The van der Waals surface area contributed by atoms with E-state index in [9.17, 15) is 14.4 Å². The molecule has 0 aromatic rings. The van der Waals surface area contributed by atoms with Crippen molar-refractivity contribution in [1.29, 1.82) is 0 Å². The summed E-state index contributed by atoms with van der Waals surface area (Å²) in [6, 6.07) is 0. The van der Waals surface area contributed by atoms with Crippen LogP contribution >= 0.6 is 0 Å². The molecule has 0 saturated carbocycles. The molecule has 0 fully saturated rings. The van der Waals surface area contributed by atoms with Gasteiger partial charge >= 0.3 is 17.9 Å². The van der Waals surface area contributed by atoms with E-state index >= 15 is 0 Å². The van der Waals surface area contributed by atoms with Gasteiger partial charge < -0.3 is 14.2 Å². The van der Waals surface area contributed by atoms with Crippen LogP contribution in [-0.2, 0) is 28.6 Å². The Bertz CT molecular complexity index is 1270. The minimum atomic E-state index is -0.806. The lowest BCUT2D eigenvalue weighted by Crippen LogP contribution is -2.30. The van der Waals surface area contributed by atoms with E-state index in [4.69, 9.17) is 14.2 Å². The second kappa shape index (κ2) is 53.2. The first kappa shape index (κ1) is 61.6. The predicted octanol–water partition coefficient (Wildman–Crippen LogP) is 18.0. The molecule has 0 bridgehead atoms. The minimum Gasteiger partial charge on any atom is -0.462 e. The van der Waals surface area contributed by atoms with Gasteiger partial charge in [0.15, 0.2) is 6.10 Å². The Kier molecular flexibility index (Phi) is 50.4. The molecule has 1 atom stereocenters. The van der Waals surface area contributed by atoms with E-state index in [1.54, 1.807) is 0 Å². The molecule has 0 aliphatic rings. The first-order valence-corrected chi connectivity index (χ1v) is 27.1.